The van der Waals surface area contributed by atoms with Gasteiger partial charge in [0.05, 0.1) is 5.69 Å². The first kappa shape index (κ1) is 14.6. The van der Waals surface area contributed by atoms with E-state index in [-0.39, 0.29) is 0 Å². The number of hydrogen-bond acceptors (Lipinski definition) is 3. The van der Waals surface area contributed by atoms with Gasteiger partial charge >= 0.3 is 0 Å². The van der Waals surface area contributed by atoms with Crippen LogP contribution in [-0.2, 0) is 13.2 Å². The summed E-state index contributed by atoms with van der Waals surface area (Å²) in [6.07, 6.45) is 4.02. The highest BCUT2D eigenvalue weighted by atomic mass is 16.5. The molecule has 2 aromatic heterocycles. The number of fused-ring (bicyclic) bond motifs is 1. The van der Waals surface area contributed by atoms with Crippen LogP contribution in [0.4, 0.5) is 0 Å². The number of benzene rings is 1. The monoisotopic (exact) mass is 295 g/mol. The summed E-state index contributed by atoms with van der Waals surface area (Å²) < 4.78 is 7.86. The molecule has 0 aliphatic carbocycles. The SMILES string of the molecule is CCNCc1ccc(OCc2cn3cccc(C)c3n2)cc1. The van der Waals surface area contributed by atoms with E-state index in [4.69, 9.17) is 4.74 Å². The molecule has 2 heterocycles. The van der Waals surface area contributed by atoms with Gasteiger partial charge in [0.1, 0.15) is 18.0 Å². The molecule has 114 valence electrons. The minimum Gasteiger partial charge on any atom is -0.487 e. The van der Waals surface area contributed by atoms with Gasteiger partial charge in [0, 0.05) is 18.9 Å². The molecule has 0 saturated heterocycles. The van der Waals surface area contributed by atoms with Crippen LogP contribution >= 0.6 is 0 Å². The fraction of sp³-hybridized carbons (Fsp3) is 0.278. The zero-order valence-electron chi connectivity index (χ0n) is 13.0. The van der Waals surface area contributed by atoms with Crippen molar-refractivity contribution in [3.8, 4) is 5.75 Å². The highest BCUT2D eigenvalue weighted by Crippen LogP contribution is 2.15. The van der Waals surface area contributed by atoms with Crippen LogP contribution in [0.5, 0.6) is 5.75 Å². The number of rotatable bonds is 6. The number of aryl methyl sites for hydroxylation is 1. The number of aromatic nitrogens is 2. The van der Waals surface area contributed by atoms with E-state index in [0.29, 0.717) is 6.61 Å². The Bertz CT molecular complexity index is 747. The molecule has 0 spiro atoms. The van der Waals surface area contributed by atoms with Crippen LogP contribution in [0.2, 0.25) is 0 Å². The van der Waals surface area contributed by atoms with Crippen molar-refractivity contribution < 1.29 is 4.74 Å². The molecule has 0 aliphatic rings. The molecule has 0 fully saturated rings. The second-order valence-corrected chi connectivity index (χ2v) is 5.37. The minimum atomic E-state index is 0.480. The van der Waals surface area contributed by atoms with E-state index >= 15 is 0 Å². The molecule has 4 nitrogen and oxygen atoms in total. The predicted octanol–water partition coefficient (Wildman–Crippen LogP) is 3.33. The van der Waals surface area contributed by atoms with Crippen molar-refractivity contribution in [2.24, 2.45) is 0 Å². The first-order valence-corrected chi connectivity index (χ1v) is 7.62. The van der Waals surface area contributed by atoms with Crippen LogP contribution in [-0.4, -0.2) is 15.9 Å². The maximum atomic E-state index is 5.82. The Kier molecular flexibility index (Phi) is 4.39. The fourth-order valence-corrected chi connectivity index (χ4v) is 2.40. The Morgan fingerprint density at radius 1 is 1.18 bits per heavy atom. The average Bonchev–Trinajstić information content (AvgIpc) is 2.96. The molecule has 0 amide bonds. The van der Waals surface area contributed by atoms with Crippen LogP contribution in [0.15, 0.2) is 48.8 Å². The van der Waals surface area contributed by atoms with E-state index in [0.717, 1.165) is 30.2 Å². The molecular weight excluding hydrogens is 274 g/mol. The Morgan fingerprint density at radius 3 is 2.73 bits per heavy atom. The number of nitrogens with one attached hydrogen (secondary N) is 1. The molecule has 3 aromatic rings. The minimum absolute atomic E-state index is 0.480. The van der Waals surface area contributed by atoms with Gasteiger partial charge in [-0.15, -0.1) is 0 Å². The molecule has 1 aromatic carbocycles. The molecule has 22 heavy (non-hydrogen) atoms. The summed E-state index contributed by atoms with van der Waals surface area (Å²) in [7, 11) is 0. The zero-order valence-corrected chi connectivity index (χ0v) is 13.0. The Hall–Kier alpha value is -2.33. The first-order chi connectivity index (χ1) is 10.8. The van der Waals surface area contributed by atoms with Gasteiger partial charge in [-0.05, 0) is 42.8 Å². The summed E-state index contributed by atoms with van der Waals surface area (Å²) in [5, 5.41) is 3.31. The smallest absolute Gasteiger partial charge is 0.140 e. The van der Waals surface area contributed by atoms with Gasteiger partial charge in [-0.1, -0.05) is 25.1 Å². The predicted molar refractivity (Wildman–Crippen MR) is 88.1 cm³/mol. The largest absolute Gasteiger partial charge is 0.487 e. The van der Waals surface area contributed by atoms with Gasteiger partial charge in [-0.25, -0.2) is 4.98 Å². The highest BCUT2D eigenvalue weighted by molar-refractivity contribution is 5.47. The van der Waals surface area contributed by atoms with Crippen LogP contribution in [0.3, 0.4) is 0 Å². The van der Waals surface area contributed by atoms with Crippen LogP contribution in [0.1, 0.15) is 23.7 Å². The lowest BCUT2D eigenvalue weighted by molar-refractivity contribution is 0.302. The lowest BCUT2D eigenvalue weighted by Crippen LogP contribution is -2.11. The average molecular weight is 295 g/mol. The van der Waals surface area contributed by atoms with E-state index in [1.54, 1.807) is 0 Å². The van der Waals surface area contributed by atoms with Crippen molar-refractivity contribution in [2.45, 2.75) is 27.0 Å². The van der Waals surface area contributed by atoms with Gasteiger partial charge in [0.15, 0.2) is 0 Å². The van der Waals surface area contributed by atoms with Crippen molar-refractivity contribution in [1.29, 1.82) is 0 Å². The summed E-state index contributed by atoms with van der Waals surface area (Å²) in [5.74, 6) is 0.869. The summed E-state index contributed by atoms with van der Waals surface area (Å²) in [5.41, 5.74) is 4.35. The van der Waals surface area contributed by atoms with Crippen molar-refractivity contribution in [1.82, 2.24) is 14.7 Å². The van der Waals surface area contributed by atoms with E-state index in [2.05, 4.69) is 42.3 Å². The fourth-order valence-electron chi connectivity index (χ4n) is 2.40. The maximum absolute atomic E-state index is 5.82. The third-order valence-electron chi connectivity index (χ3n) is 3.62. The third-order valence-corrected chi connectivity index (χ3v) is 3.62. The first-order valence-electron chi connectivity index (χ1n) is 7.62. The number of hydrogen-bond donors (Lipinski definition) is 1. The summed E-state index contributed by atoms with van der Waals surface area (Å²) in [6, 6.07) is 12.3. The third kappa shape index (κ3) is 3.28. The summed E-state index contributed by atoms with van der Waals surface area (Å²) in [4.78, 5) is 4.61. The van der Waals surface area contributed by atoms with Crippen molar-refractivity contribution in [2.75, 3.05) is 6.54 Å². The highest BCUT2D eigenvalue weighted by Gasteiger charge is 2.04. The second kappa shape index (κ2) is 6.62. The van der Waals surface area contributed by atoms with Crippen LogP contribution < -0.4 is 10.1 Å². The summed E-state index contributed by atoms with van der Waals surface area (Å²) >= 11 is 0. The molecule has 0 radical (unpaired) electrons. The van der Waals surface area contributed by atoms with Crippen molar-refractivity contribution in [3.63, 3.8) is 0 Å². The lowest BCUT2D eigenvalue weighted by atomic mass is 10.2. The molecule has 0 bridgehead atoms. The zero-order chi connectivity index (χ0) is 15.4. The maximum Gasteiger partial charge on any atom is 0.140 e. The standard InChI is InChI=1S/C18H21N3O/c1-3-19-11-15-6-8-17(9-7-15)22-13-16-12-21-10-4-5-14(2)18(21)20-16/h4-10,12,19H,3,11,13H2,1-2H3. The quantitative estimate of drug-likeness (QED) is 0.758. The topological polar surface area (TPSA) is 38.6 Å². The van der Waals surface area contributed by atoms with E-state index in [9.17, 15) is 0 Å². The van der Waals surface area contributed by atoms with Gasteiger partial charge in [0.2, 0.25) is 0 Å². The molecule has 4 heteroatoms. The van der Waals surface area contributed by atoms with Gasteiger partial charge < -0.3 is 14.5 Å². The number of imidazole rings is 1. The van der Waals surface area contributed by atoms with Crippen LogP contribution in [0, 0.1) is 6.92 Å². The van der Waals surface area contributed by atoms with E-state index in [1.807, 2.05) is 35.0 Å². The Labute approximate surface area is 130 Å². The van der Waals surface area contributed by atoms with Crippen LogP contribution in [0.25, 0.3) is 5.65 Å². The molecule has 0 unspecified atom stereocenters. The number of ether oxygens (including phenoxy) is 1. The normalized spacial score (nSPS) is 11.0. The molecule has 1 N–H and O–H groups in total. The van der Waals surface area contributed by atoms with Crippen molar-refractivity contribution >= 4 is 5.65 Å². The van der Waals surface area contributed by atoms with Gasteiger partial charge in [-0.3, -0.25) is 0 Å². The molecule has 0 aliphatic heterocycles. The molecule has 0 atom stereocenters. The summed E-state index contributed by atoms with van der Waals surface area (Å²) in [6.45, 7) is 6.52. The lowest BCUT2D eigenvalue weighted by Gasteiger charge is -2.06. The van der Waals surface area contributed by atoms with E-state index < -0.39 is 0 Å². The van der Waals surface area contributed by atoms with Gasteiger partial charge in [0.25, 0.3) is 0 Å². The molecule has 3 rings (SSSR count). The molecule has 0 saturated carbocycles. The Balaban J connectivity index is 1.64. The second-order valence-electron chi connectivity index (χ2n) is 5.37. The van der Waals surface area contributed by atoms with Crippen molar-refractivity contribution in [3.05, 3.63) is 65.6 Å². The van der Waals surface area contributed by atoms with Gasteiger partial charge in [-0.2, -0.15) is 0 Å². The Morgan fingerprint density at radius 2 is 2.00 bits per heavy atom. The van der Waals surface area contributed by atoms with E-state index in [1.165, 1.54) is 11.1 Å². The molecular formula is C18H21N3O. The number of pyridine rings is 1. The number of nitrogens with zero attached hydrogens (tertiary/aromatic N) is 2.